The molecule has 0 bridgehead atoms. The number of nitrogens with zero attached hydrogens (tertiary/aromatic N) is 5. The molecular formula is C17H22Br3N5. The maximum Gasteiger partial charge on any atom is 0.130 e. The predicted molar refractivity (Wildman–Crippen MR) is 112 cm³/mol. The van der Waals surface area contributed by atoms with Gasteiger partial charge in [-0.2, -0.15) is 10.2 Å². The largest absolute Gasteiger partial charge is 0.370 e. The molecule has 0 unspecified atom stereocenters. The molecule has 2 aromatic rings. The lowest BCUT2D eigenvalue weighted by molar-refractivity contribution is 0.886. The Balaban J connectivity index is 0.000000149. The highest BCUT2D eigenvalue weighted by Crippen LogP contribution is 2.20. The molecule has 2 aromatic heterocycles. The summed E-state index contributed by atoms with van der Waals surface area (Å²) in [5.41, 5.74) is 1.18. The number of rotatable bonds is 1. The van der Waals surface area contributed by atoms with Gasteiger partial charge >= 0.3 is 0 Å². The minimum absolute atomic E-state index is 0.742. The summed E-state index contributed by atoms with van der Waals surface area (Å²) in [5, 5.41) is 15.1. The Bertz CT molecular complexity index is 606. The molecule has 2 aliphatic rings. The van der Waals surface area contributed by atoms with Gasteiger partial charge < -0.3 is 4.90 Å². The predicted octanol–water partition coefficient (Wildman–Crippen LogP) is 5.79. The third-order valence-electron chi connectivity index (χ3n) is 3.92. The van der Waals surface area contributed by atoms with Gasteiger partial charge in [-0.05, 0) is 72.8 Å². The first-order valence-electron chi connectivity index (χ1n) is 8.52. The molecule has 25 heavy (non-hydrogen) atoms. The summed E-state index contributed by atoms with van der Waals surface area (Å²) in [5.74, 6) is 0. The first-order valence-corrected chi connectivity index (χ1v) is 10.9. The fourth-order valence-corrected chi connectivity index (χ4v) is 3.96. The fourth-order valence-electron chi connectivity index (χ4n) is 2.68. The van der Waals surface area contributed by atoms with Crippen molar-refractivity contribution in [3.63, 3.8) is 0 Å². The molecule has 0 radical (unpaired) electrons. The van der Waals surface area contributed by atoms with Crippen molar-refractivity contribution in [3.05, 3.63) is 38.2 Å². The zero-order valence-electron chi connectivity index (χ0n) is 14.0. The maximum absolute atomic E-state index is 3.89. The first kappa shape index (κ1) is 20.7. The molecule has 8 heteroatoms. The highest BCUT2D eigenvalue weighted by atomic mass is 79.9. The van der Waals surface area contributed by atoms with Gasteiger partial charge in [0.1, 0.15) is 9.21 Å². The van der Waals surface area contributed by atoms with Gasteiger partial charge in [-0.1, -0.05) is 32.1 Å². The topological polar surface area (TPSA) is 54.8 Å². The van der Waals surface area contributed by atoms with Gasteiger partial charge in [0.15, 0.2) is 0 Å². The summed E-state index contributed by atoms with van der Waals surface area (Å²) in [6, 6.07) is 3.84. The van der Waals surface area contributed by atoms with Crippen LogP contribution in [0.4, 0.5) is 5.69 Å². The highest BCUT2D eigenvalue weighted by molar-refractivity contribution is 9.11. The van der Waals surface area contributed by atoms with E-state index in [1.165, 1.54) is 50.6 Å². The summed E-state index contributed by atoms with van der Waals surface area (Å²) in [6.07, 6.45) is 13.5. The van der Waals surface area contributed by atoms with E-state index in [1.54, 1.807) is 6.20 Å². The molecule has 3 heterocycles. The molecule has 5 nitrogen and oxygen atoms in total. The first-order chi connectivity index (χ1) is 12.1. The maximum atomic E-state index is 3.89. The van der Waals surface area contributed by atoms with Crippen molar-refractivity contribution in [1.29, 1.82) is 0 Å². The van der Waals surface area contributed by atoms with Crippen molar-refractivity contribution in [2.75, 3.05) is 18.0 Å². The molecule has 0 N–H and O–H groups in total. The lowest BCUT2D eigenvalue weighted by Crippen LogP contribution is -2.17. The normalized spacial score (nSPS) is 15.9. The van der Waals surface area contributed by atoms with E-state index in [-0.39, 0.29) is 0 Å². The molecule has 1 aliphatic carbocycles. The quantitative estimate of drug-likeness (QED) is 0.462. The second-order valence-electron chi connectivity index (χ2n) is 5.89. The average molecular weight is 536 g/mol. The minimum atomic E-state index is 0.742. The van der Waals surface area contributed by atoms with Gasteiger partial charge in [0.2, 0.25) is 0 Å². The zero-order chi connectivity index (χ0) is 17.9. The van der Waals surface area contributed by atoms with Gasteiger partial charge in [0, 0.05) is 17.6 Å². The van der Waals surface area contributed by atoms with E-state index in [2.05, 4.69) is 73.1 Å². The Morgan fingerprint density at radius 3 is 1.64 bits per heavy atom. The summed E-state index contributed by atoms with van der Waals surface area (Å²) in [4.78, 5) is 2.33. The van der Waals surface area contributed by atoms with E-state index in [1.807, 2.05) is 18.3 Å². The molecule has 0 amide bonds. The van der Waals surface area contributed by atoms with Crippen molar-refractivity contribution in [1.82, 2.24) is 20.4 Å². The molecule has 4 rings (SSSR count). The summed E-state index contributed by atoms with van der Waals surface area (Å²) < 4.78 is 2.48. The molecule has 0 spiro atoms. The number of hydrogen-bond donors (Lipinski definition) is 0. The van der Waals surface area contributed by atoms with Gasteiger partial charge in [-0.3, -0.25) is 0 Å². The van der Waals surface area contributed by atoms with E-state index in [0.717, 1.165) is 26.8 Å². The Morgan fingerprint density at radius 2 is 1.20 bits per heavy atom. The number of aromatic nitrogens is 4. The van der Waals surface area contributed by atoms with Crippen LogP contribution in [0.2, 0.25) is 0 Å². The van der Waals surface area contributed by atoms with Crippen LogP contribution in [0.3, 0.4) is 0 Å². The van der Waals surface area contributed by atoms with Crippen LogP contribution < -0.4 is 4.90 Å². The Hall–Kier alpha value is -0.600. The van der Waals surface area contributed by atoms with Gasteiger partial charge in [0.25, 0.3) is 0 Å². The van der Waals surface area contributed by atoms with Crippen molar-refractivity contribution >= 4 is 53.5 Å². The SMILES string of the molecule is Brc1cc(N2CCCC2)cnn1.Brc1cnnc(Br)c1.C1CCCC1. The van der Waals surface area contributed by atoms with Crippen LogP contribution in [0, 0.1) is 0 Å². The van der Waals surface area contributed by atoms with Gasteiger partial charge in [-0.15, -0.1) is 10.2 Å². The molecule has 136 valence electrons. The molecule has 1 saturated carbocycles. The Kier molecular flexibility index (Phi) is 9.86. The van der Waals surface area contributed by atoms with Crippen molar-refractivity contribution in [2.45, 2.75) is 44.9 Å². The third kappa shape index (κ3) is 8.55. The summed E-state index contributed by atoms with van der Waals surface area (Å²) in [6.45, 7) is 2.30. The van der Waals surface area contributed by atoms with Crippen LogP contribution in [0.5, 0.6) is 0 Å². The number of hydrogen-bond acceptors (Lipinski definition) is 5. The van der Waals surface area contributed by atoms with Crippen LogP contribution in [0.15, 0.2) is 38.2 Å². The second-order valence-corrected chi connectivity index (χ2v) is 8.44. The van der Waals surface area contributed by atoms with Gasteiger partial charge in [0.05, 0.1) is 18.1 Å². The summed E-state index contributed by atoms with van der Waals surface area (Å²) in [7, 11) is 0. The third-order valence-corrected chi connectivity index (χ3v) is 5.13. The van der Waals surface area contributed by atoms with E-state index in [9.17, 15) is 0 Å². The van der Waals surface area contributed by atoms with Crippen LogP contribution in [0.25, 0.3) is 0 Å². The molecule has 1 saturated heterocycles. The number of halogens is 3. The van der Waals surface area contributed by atoms with Crippen LogP contribution >= 0.6 is 47.8 Å². The van der Waals surface area contributed by atoms with Crippen LogP contribution in [-0.4, -0.2) is 33.5 Å². The minimum Gasteiger partial charge on any atom is -0.370 e. The molecule has 0 atom stereocenters. The highest BCUT2D eigenvalue weighted by Gasteiger charge is 2.12. The van der Waals surface area contributed by atoms with E-state index in [4.69, 9.17) is 0 Å². The number of anilines is 1. The standard InChI is InChI=1S/C8H10BrN3.C5H10.C4H2Br2N2/c9-8-5-7(6-10-11-8)12-3-1-2-4-12;1-2-4-5-3-1;5-3-1-4(6)8-7-2-3/h5-6H,1-4H2;1-5H2;1-2H. The van der Waals surface area contributed by atoms with Crippen LogP contribution in [0.1, 0.15) is 44.9 Å². The van der Waals surface area contributed by atoms with E-state index < -0.39 is 0 Å². The van der Waals surface area contributed by atoms with E-state index in [0.29, 0.717) is 0 Å². The van der Waals surface area contributed by atoms with Crippen molar-refractivity contribution in [3.8, 4) is 0 Å². The molecule has 0 aromatic carbocycles. The fraction of sp³-hybridized carbons (Fsp3) is 0.529. The van der Waals surface area contributed by atoms with Crippen molar-refractivity contribution < 1.29 is 0 Å². The van der Waals surface area contributed by atoms with E-state index >= 15 is 0 Å². The Morgan fingerprint density at radius 1 is 0.680 bits per heavy atom. The Labute approximate surface area is 174 Å². The lowest BCUT2D eigenvalue weighted by atomic mass is 10.4. The van der Waals surface area contributed by atoms with Crippen LogP contribution in [-0.2, 0) is 0 Å². The van der Waals surface area contributed by atoms with Gasteiger partial charge in [-0.25, -0.2) is 0 Å². The second kappa shape index (κ2) is 11.9. The van der Waals surface area contributed by atoms with Crippen molar-refractivity contribution in [2.24, 2.45) is 0 Å². The lowest BCUT2D eigenvalue weighted by Gasteiger charge is -2.16. The molecule has 1 aliphatic heterocycles. The summed E-state index contributed by atoms with van der Waals surface area (Å²) >= 11 is 9.70. The smallest absolute Gasteiger partial charge is 0.130 e. The average Bonchev–Trinajstić information content (AvgIpc) is 3.32. The zero-order valence-corrected chi connectivity index (χ0v) is 18.8. The monoisotopic (exact) mass is 533 g/mol. The molecule has 2 fully saturated rings. The molecular weight excluding hydrogens is 514 g/mol.